The molecule has 1 aromatic rings. The van der Waals surface area contributed by atoms with Crippen LogP contribution < -0.4 is 5.73 Å². The SMILES string of the molecule is CSCCCN(C)S(=O)(=O)c1ccc(Cl)cc1N. The topological polar surface area (TPSA) is 63.4 Å². The summed E-state index contributed by atoms with van der Waals surface area (Å²) in [5.74, 6) is 0.927. The highest BCUT2D eigenvalue weighted by molar-refractivity contribution is 7.98. The number of nitrogens with zero attached hydrogens (tertiary/aromatic N) is 1. The average molecular weight is 309 g/mol. The van der Waals surface area contributed by atoms with E-state index in [-0.39, 0.29) is 10.6 Å². The number of hydrogen-bond donors (Lipinski definition) is 1. The fourth-order valence-electron chi connectivity index (χ4n) is 1.47. The van der Waals surface area contributed by atoms with Gasteiger partial charge in [-0.05, 0) is 36.6 Å². The van der Waals surface area contributed by atoms with E-state index in [9.17, 15) is 8.42 Å². The van der Waals surface area contributed by atoms with E-state index < -0.39 is 10.0 Å². The number of sulfonamides is 1. The summed E-state index contributed by atoms with van der Waals surface area (Å²) in [6.45, 7) is 0.477. The third-order valence-electron chi connectivity index (χ3n) is 2.48. The minimum Gasteiger partial charge on any atom is -0.398 e. The molecule has 0 saturated carbocycles. The number of halogens is 1. The van der Waals surface area contributed by atoms with Crippen molar-refractivity contribution in [3.8, 4) is 0 Å². The number of rotatable bonds is 6. The van der Waals surface area contributed by atoms with Crippen molar-refractivity contribution in [3.63, 3.8) is 0 Å². The monoisotopic (exact) mass is 308 g/mol. The molecule has 0 aliphatic rings. The van der Waals surface area contributed by atoms with E-state index in [1.807, 2.05) is 6.26 Å². The summed E-state index contributed by atoms with van der Waals surface area (Å²) in [6.07, 6.45) is 2.80. The van der Waals surface area contributed by atoms with Crippen molar-refractivity contribution in [1.82, 2.24) is 4.31 Å². The highest BCUT2D eigenvalue weighted by Gasteiger charge is 2.22. The van der Waals surface area contributed by atoms with Crippen LogP contribution in [0.2, 0.25) is 5.02 Å². The summed E-state index contributed by atoms with van der Waals surface area (Å²) in [4.78, 5) is 0.110. The van der Waals surface area contributed by atoms with Gasteiger partial charge in [0.05, 0.1) is 5.69 Å². The molecule has 2 N–H and O–H groups in total. The predicted molar refractivity (Wildman–Crippen MR) is 78.7 cm³/mol. The van der Waals surface area contributed by atoms with Gasteiger partial charge < -0.3 is 5.73 Å². The van der Waals surface area contributed by atoms with Crippen molar-refractivity contribution < 1.29 is 8.42 Å². The predicted octanol–water partition coefficient (Wildman–Crippen LogP) is 2.30. The van der Waals surface area contributed by atoms with Gasteiger partial charge in [-0.3, -0.25) is 0 Å². The van der Waals surface area contributed by atoms with Gasteiger partial charge in [0.1, 0.15) is 4.90 Å². The molecule has 0 radical (unpaired) electrons. The lowest BCUT2D eigenvalue weighted by molar-refractivity contribution is 0.470. The molecule has 0 unspecified atom stereocenters. The Bertz CT molecular complexity index is 506. The Hall–Kier alpha value is -0.430. The first-order chi connectivity index (χ1) is 8.39. The minimum atomic E-state index is -3.53. The zero-order chi connectivity index (χ0) is 13.8. The fraction of sp³-hybridized carbons (Fsp3) is 0.455. The average Bonchev–Trinajstić information content (AvgIpc) is 2.28. The van der Waals surface area contributed by atoms with Gasteiger partial charge in [0.25, 0.3) is 0 Å². The van der Waals surface area contributed by atoms with Gasteiger partial charge in [-0.25, -0.2) is 12.7 Å². The third kappa shape index (κ3) is 3.78. The van der Waals surface area contributed by atoms with Crippen LogP contribution in [0.5, 0.6) is 0 Å². The molecule has 7 heteroatoms. The summed E-state index contributed by atoms with van der Waals surface area (Å²) in [5.41, 5.74) is 5.89. The third-order valence-corrected chi connectivity index (χ3v) is 5.34. The Morgan fingerprint density at radius 3 is 2.67 bits per heavy atom. The van der Waals surface area contributed by atoms with Gasteiger partial charge in [0.15, 0.2) is 0 Å². The van der Waals surface area contributed by atoms with Gasteiger partial charge in [0.2, 0.25) is 10.0 Å². The quantitative estimate of drug-likeness (QED) is 0.647. The Balaban J connectivity index is 2.91. The van der Waals surface area contributed by atoms with Crippen LogP contribution in [0.3, 0.4) is 0 Å². The molecule has 0 fully saturated rings. The molecule has 4 nitrogen and oxygen atoms in total. The maximum atomic E-state index is 12.3. The first-order valence-corrected chi connectivity index (χ1v) is 8.61. The normalized spacial score (nSPS) is 12.0. The summed E-state index contributed by atoms with van der Waals surface area (Å²) in [6, 6.07) is 4.42. The Kier molecular flexibility index (Phi) is 5.78. The molecule has 0 aromatic heterocycles. The van der Waals surface area contributed by atoms with Crippen LogP contribution in [0.25, 0.3) is 0 Å². The van der Waals surface area contributed by atoms with Crippen LogP contribution in [-0.4, -0.2) is 38.3 Å². The Morgan fingerprint density at radius 1 is 1.44 bits per heavy atom. The van der Waals surface area contributed by atoms with Crippen molar-refractivity contribution in [1.29, 1.82) is 0 Å². The minimum absolute atomic E-state index is 0.110. The first-order valence-electron chi connectivity index (χ1n) is 5.40. The number of hydrogen-bond acceptors (Lipinski definition) is 4. The molecule has 0 aliphatic heterocycles. The van der Waals surface area contributed by atoms with E-state index in [2.05, 4.69) is 0 Å². The number of nitrogens with two attached hydrogens (primary N) is 1. The van der Waals surface area contributed by atoms with Gasteiger partial charge in [0, 0.05) is 18.6 Å². The highest BCUT2D eigenvalue weighted by atomic mass is 35.5. The molecule has 0 spiro atoms. The summed E-state index contributed by atoms with van der Waals surface area (Å²) in [5, 5.41) is 0.427. The highest BCUT2D eigenvalue weighted by Crippen LogP contribution is 2.24. The first kappa shape index (κ1) is 15.6. The molecule has 0 aliphatic carbocycles. The Labute approximate surface area is 118 Å². The second kappa shape index (κ2) is 6.65. The second-order valence-electron chi connectivity index (χ2n) is 3.86. The van der Waals surface area contributed by atoms with Crippen LogP contribution >= 0.6 is 23.4 Å². The van der Waals surface area contributed by atoms with Crippen molar-refractivity contribution in [2.45, 2.75) is 11.3 Å². The number of thioether (sulfide) groups is 1. The lowest BCUT2D eigenvalue weighted by Gasteiger charge is -2.18. The molecular weight excluding hydrogens is 292 g/mol. The van der Waals surface area contributed by atoms with E-state index in [0.717, 1.165) is 12.2 Å². The number of anilines is 1. The van der Waals surface area contributed by atoms with Crippen LogP contribution in [-0.2, 0) is 10.0 Å². The fourth-order valence-corrected chi connectivity index (χ4v) is 3.37. The Morgan fingerprint density at radius 2 is 2.11 bits per heavy atom. The van der Waals surface area contributed by atoms with Gasteiger partial charge in [-0.15, -0.1) is 0 Å². The van der Waals surface area contributed by atoms with E-state index in [1.54, 1.807) is 18.8 Å². The maximum Gasteiger partial charge on any atom is 0.244 e. The summed E-state index contributed by atoms with van der Waals surface area (Å²) >= 11 is 7.45. The van der Waals surface area contributed by atoms with Crippen LogP contribution in [0.15, 0.2) is 23.1 Å². The van der Waals surface area contributed by atoms with Crippen LogP contribution in [0.1, 0.15) is 6.42 Å². The van der Waals surface area contributed by atoms with Crippen molar-refractivity contribution in [2.75, 3.05) is 31.3 Å². The lowest BCUT2D eigenvalue weighted by Crippen LogP contribution is -2.28. The molecule has 18 heavy (non-hydrogen) atoms. The van der Waals surface area contributed by atoms with E-state index in [0.29, 0.717) is 11.6 Å². The molecule has 102 valence electrons. The van der Waals surface area contributed by atoms with Crippen LogP contribution in [0, 0.1) is 0 Å². The van der Waals surface area contributed by atoms with Crippen molar-refractivity contribution >= 4 is 39.1 Å². The van der Waals surface area contributed by atoms with E-state index >= 15 is 0 Å². The van der Waals surface area contributed by atoms with Crippen LogP contribution in [0.4, 0.5) is 5.69 Å². The molecule has 0 amide bonds. The summed E-state index contributed by atoms with van der Waals surface area (Å²) < 4.78 is 25.8. The zero-order valence-corrected chi connectivity index (χ0v) is 12.8. The number of benzene rings is 1. The molecule has 0 heterocycles. The zero-order valence-electron chi connectivity index (χ0n) is 10.4. The molecule has 0 atom stereocenters. The molecule has 1 aromatic carbocycles. The smallest absolute Gasteiger partial charge is 0.244 e. The number of nitrogen functional groups attached to an aromatic ring is 1. The maximum absolute atomic E-state index is 12.3. The van der Waals surface area contributed by atoms with Gasteiger partial charge in [-0.2, -0.15) is 11.8 Å². The second-order valence-corrected chi connectivity index (χ2v) is 7.29. The van der Waals surface area contributed by atoms with Crippen molar-refractivity contribution in [2.24, 2.45) is 0 Å². The van der Waals surface area contributed by atoms with E-state index in [1.165, 1.54) is 22.5 Å². The van der Waals surface area contributed by atoms with Gasteiger partial charge in [-0.1, -0.05) is 11.6 Å². The molecule has 1 rings (SSSR count). The van der Waals surface area contributed by atoms with Crippen molar-refractivity contribution in [3.05, 3.63) is 23.2 Å². The standard InChI is InChI=1S/C11H17ClN2O2S2/c1-14(6-3-7-17-2)18(15,16)11-5-4-9(12)8-10(11)13/h4-5,8H,3,6-7,13H2,1-2H3. The molecule has 0 bridgehead atoms. The van der Waals surface area contributed by atoms with Gasteiger partial charge >= 0.3 is 0 Å². The van der Waals surface area contributed by atoms with E-state index in [4.69, 9.17) is 17.3 Å². The lowest BCUT2D eigenvalue weighted by atomic mass is 10.3. The molecular formula is C11H17ClN2O2S2. The summed E-state index contributed by atoms with van der Waals surface area (Å²) in [7, 11) is -1.97. The largest absolute Gasteiger partial charge is 0.398 e. The molecule has 0 saturated heterocycles.